The molecule has 0 saturated heterocycles. The molecule has 7 nitrogen and oxygen atoms in total. The molecule has 8 heteroatoms. The van der Waals surface area contributed by atoms with Gasteiger partial charge in [0.25, 0.3) is 0 Å². The van der Waals surface area contributed by atoms with Crippen molar-refractivity contribution >= 4 is 29.3 Å². The van der Waals surface area contributed by atoms with E-state index in [-0.39, 0.29) is 22.8 Å². The lowest BCUT2D eigenvalue weighted by Crippen LogP contribution is -2.31. The quantitative estimate of drug-likeness (QED) is 0.597. The molecule has 2 amide bonds. The third kappa shape index (κ3) is 6.18. The number of aromatic nitrogens is 3. The van der Waals surface area contributed by atoms with Crippen LogP contribution in [0.25, 0.3) is 5.69 Å². The van der Waals surface area contributed by atoms with Crippen LogP contribution in [0.3, 0.4) is 0 Å². The van der Waals surface area contributed by atoms with Gasteiger partial charge >= 0.3 is 0 Å². The lowest BCUT2D eigenvalue weighted by molar-refractivity contribution is -0.120. The van der Waals surface area contributed by atoms with Crippen LogP contribution in [0.2, 0.25) is 0 Å². The Kier molecular flexibility index (Phi) is 7.02. The van der Waals surface area contributed by atoms with Crippen LogP contribution < -0.4 is 10.6 Å². The normalized spacial score (nSPS) is 11.7. The lowest BCUT2D eigenvalue weighted by Gasteiger charge is -2.12. The highest BCUT2D eigenvalue weighted by atomic mass is 32.2. The third-order valence-corrected chi connectivity index (χ3v) is 5.40. The fourth-order valence-corrected chi connectivity index (χ4v) is 3.26. The Bertz CT molecular complexity index is 940. The number of amides is 2. The van der Waals surface area contributed by atoms with Gasteiger partial charge in [-0.25, -0.2) is 9.67 Å². The van der Waals surface area contributed by atoms with E-state index in [9.17, 15) is 9.59 Å². The third-order valence-electron chi connectivity index (χ3n) is 4.26. The number of rotatable bonds is 8. The molecule has 0 aliphatic carbocycles. The van der Waals surface area contributed by atoms with Gasteiger partial charge in [0.2, 0.25) is 11.8 Å². The van der Waals surface area contributed by atoms with E-state index in [4.69, 9.17) is 0 Å². The van der Waals surface area contributed by atoms with E-state index in [1.54, 1.807) is 17.9 Å². The maximum absolute atomic E-state index is 12.3. The molecule has 0 aliphatic rings. The Morgan fingerprint density at radius 1 is 1.10 bits per heavy atom. The first-order chi connectivity index (χ1) is 14.0. The summed E-state index contributed by atoms with van der Waals surface area (Å²) < 4.78 is 1.67. The molecule has 150 valence electrons. The first-order valence-electron chi connectivity index (χ1n) is 9.21. The van der Waals surface area contributed by atoms with Crippen LogP contribution in [-0.2, 0) is 16.1 Å². The van der Waals surface area contributed by atoms with Crippen molar-refractivity contribution in [3.8, 4) is 5.69 Å². The average Bonchev–Trinajstić information content (AvgIpc) is 3.27. The highest BCUT2D eigenvalue weighted by molar-refractivity contribution is 8.01. The molecule has 3 rings (SSSR count). The molecule has 29 heavy (non-hydrogen) atoms. The van der Waals surface area contributed by atoms with Gasteiger partial charge in [-0.3, -0.25) is 9.59 Å². The second kappa shape index (κ2) is 9.88. The topological polar surface area (TPSA) is 88.9 Å². The summed E-state index contributed by atoms with van der Waals surface area (Å²) in [5.41, 5.74) is 3.78. The number of carbonyl (C=O) groups excluding carboxylic acids is 2. The number of thioether (sulfide) groups is 1. The summed E-state index contributed by atoms with van der Waals surface area (Å²) in [6, 6.07) is 15.3. The van der Waals surface area contributed by atoms with Gasteiger partial charge in [0, 0.05) is 12.2 Å². The second-order valence-electron chi connectivity index (χ2n) is 6.59. The molecule has 2 N–H and O–H groups in total. The largest absolute Gasteiger partial charge is 0.351 e. The van der Waals surface area contributed by atoms with Crippen LogP contribution in [0.15, 0.2) is 61.2 Å². The average molecular weight is 410 g/mol. The van der Waals surface area contributed by atoms with Gasteiger partial charge in [0.1, 0.15) is 12.7 Å². The molecule has 0 aliphatic heterocycles. The van der Waals surface area contributed by atoms with Crippen molar-refractivity contribution in [2.45, 2.75) is 25.6 Å². The van der Waals surface area contributed by atoms with Crippen molar-refractivity contribution in [2.75, 3.05) is 11.1 Å². The fraction of sp³-hybridized carbons (Fsp3) is 0.238. The Hall–Kier alpha value is -3.13. The van der Waals surface area contributed by atoms with Gasteiger partial charge in [0.15, 0.2) is 0 Å². The predicted molar refractivity (Wildman–Crippen MR) is 115 cm³/mol. The Morgan fingerprint density at radius 3 is 2.48 bits per heavy atom. The standard InChI is InChI=1S/C21H23N5O2S/c1-15-3-7-18(8-4-15)25-20(27)12-29-16(2)21(28)23-11-17-5-9-19(10-6-17)26-14-22-13-24-26/h3-10,13-14,16H,11-12H2,1-2H3,(H,23,28)(H,25,27). The van der Waals surface area contributed by atoms with Crippen molar-refractivity contribution in [3.05, 3.63) is 72.3 Å². The van der Waals surface area contributed by atoms with Gasteiger partial charge < -0.3 is 10.6 Å². The molecule has 3 aromatic rings. The Morgan fingerprint density at radius 2 is 1.83 bits per heavy atom. The smallest absolute Gasteiger partial charge is 0.234 e. The molecule has 1 heterocycles. The zero-order valence-electron chi connectivity index (χ0n) is 16.3. The number of nitrogens with zero attached hydrogens (tertiary/aromatic N) is 3. The van der Waals surface area contributed by atoms with Crippen molar-refractivity contribution in [3.63, 3.8) is 0 Å². The number of anilines is 1. The van der Waals surface area contributed by atoms with Crippen LogP contribution in [0.4, 0.5) is 5.69 Å². The Labute approximate surface area is 173 Å². The van der Waals surface area contributed by atoms with Crippen LogP contribution in [0.1, 0.15) is 18.1 Å². The predicted octanol–water partition coefficient (Wildman–Crippen LogP) is 2.95. The molecule has 0 spiro atoms. The number of nitrogens with one attached hydrogen (secondary N) is 2. The Balaban J connectivity index is 1.40. The highest BCUT2D eigenvalue weighted by Gasteiger charge is 2.15. The SMILES string of the molecule is Cc1ccc(NC(=O)CSC(C)C(=O)NCc2ccc(-n3cncn3)cc2)cc1. The minimum Gasteiger partial charge on any atom is -0.351 e. The van der Waals surface area contributed by atoms with E-state index in [1.807, 2.05) is 55.5 Å². The summed E-state index contributed by atoms with van der Waals surface area (Å²) in [5.74, 6) is -0.00425. The second-order valence-corrected chi connectivity index (χ2v) is 7.92. The van der Waals surface area contributed by atoms with Crippen molar-refractivity contribution in [1.29, 1.82) is 0 Å². The maximum Gasteiger partial charge on any atom is 0.234 e. The molecule has 0 fully saturated rings. The summed E-state index contributed by atoms with van der Waals surface area (Å²) in [5, 5.41) is 9.49. The van der Waals surface area contributed by atoms with E-state index >= 15 is 0 Å². The van der Waals surface area contributed by atoms with Crippen LogP contribution in [0.5, 0.6) is 0 Å². The number of aryl methyl sites for hydroxylation is 1. The summed E-state index contributed by atoms with van der Waals surface area (Å²) >= 11 is 1.31. The van der Waals surface area contributed by atoms with Gasteiger partial charge in [-0.2, -0.15) is 5.10 Å². The van der Waals surface area contributed by atoms with E-state index in [0.717, 1.165) is 22.5 Å². The van der Waals surface area contributed by atoms with E-state index < -0.39 is 0 Å². The van der Waals surface area contributed by atoms with Crippen LogP contribution in [0, 0.1) is 6.92 Å². The lowest BCUT2D eigenvalue weighted by atomic mass is 10.2. The van der Waals surface area contributed by atoms with Crippen LogP contribution >= 0.6 is 11.8 Å². The van der Waals surface area contributed by atoms with Gasteiger partial charge in [-0.15, -0.1) is 11.8 Å². The zero-order valence-corrected chi connectivity index (χ0v) is 17.1. The molecular weight excluding hydrogens is 386 g/mol. The summed E-state index contributed by atoms with van der Waals surface area (Å²) in [7, 11) is 0. The van der Waals surface area contributed by atoms with Crippen molar-refractivity contribution < 1.29 is 9.59 Å². The number of carbonyl (C=O) groups is 2. The van der Waals surface area contributed by atoms with Gasteiger partial charge in [0.05, 0.1) is 16.7 Å². The zero-order chi connectivity index (χ0) is 20.6. The minimum atomic E-state index is -0.326. The summed E-state index contributed by atoms with van der Waals surface area (Å²) in [6.45, 7) is 4.22. The summed E-state index contributed by atoms with van der Waals surface area (Å²) in [4.78, 5) is 28.3. The molecule has 1 atom stereocenters. The monoisotopic (exact) mass is 409 g/mol. The molecular formula is C21H23N5O2S. The molecule has 1 unspecified atom stereocenters. The van der Waals surface area contributed by atoms with Gasteiger partial charge in [-0.05, 0) is 43.7 Å². The van der Waals surface area contributed by atoms with E-state index in [2.05, 4.69) is 20.7 Å². The molecule has 0 saturated carbocycles. The van der Waals surface area contributed by atoms with Gasteiger partial charge in [-0.1, -0.05) is 29.8 Å². The van der Waals surface area contributed by atoms with E-state index in [1.165, 1.54) is 18.1 Å². The number of hydrogen-bond acceptors (Lipinski definition) is 5. The minimum absolute atomic E-state index is 0.0986. The van der Waals surface area contributed by atoms with Crippen molar-refractivity contribution in [1.82, 2.24) is 20.1 Å². The molecule has 1 aromatic heterocycles. The summed E-state index contributed by atoms with van der Waals surface area (Å²) in [6.07, 6.45) is 3.11. The molecule has 0 radical (unpaired) electrons. The van der Waals surface area contributed by atoms with Crippen LogP contribution in [-0.4, -0.2) is 37.6 Å². The maximum atomic E-state index is 12.3. The van der Waals surface area contributed by atoms with Crippen molar-refractivity contribution in [2.24, 2.45) is 0 Å². The molecule has 2 aromatic carbocycles. The number of benzene rings is 2. The first-order valence-corrected chi connectivity index (χ1v) is 10.3. The first kappa shape index (κ1) is 20.6. The highest BCUT2D eigenvalue weighted by Crippen LogP contribution is 2.14. The number of hydrogen-bond donors (Lipinski definition) is 2. The molecule has 0 bridgehead atoms. The van der Waals surface area contributed by atoms with E-state index in [0.29, 0.717) is 6.54 Å². The fourth-order valence-electron chi connectivity index (χ4n) is 2.55.